The van der Waals surface area contributed by atoms with E-state index in [1.54, 1.807) is 0 Å². The van der Waals surface area contributed by atoms with Gasteiger partial charge in [0.1, 0.15) is 0 Å². The van der Waals surface area contributed by atoms with Gasteiger partial charge in [-0.15, -0.1) is 11.6 Å². The van der Waals surface area contributed by atoms with Crippen molar-refractivity contribution in [3.8, 4) is 0 Å². The van der Waals surface area contributed by atoms with Gasteiger partial charge in [0.05, 0.1) is 19.3 Å². The summed E-state index contributed by atoms with van der Waals surface area (Å²) in [5.74, 6) is 0.613. The van der Waals surface area contributed by atoms with Crippen molar-refractivity contribution in [2.75, 3.05) is 25.7 Å². The van der Waals surface area contributed by atoms with Crippen molar-refractivity contribution in [2.45, 2.75) is 25.3 Å². The molecule has 5 heteroatoms. The molecule has 0 radical (unpaired) electrons. The Labute approximate surface area is 88.9 Å². The fourth-order valence-electron chi connectivity index (χ4n) is 1.22. The maximum absolute atomic E-state index is 11.1. The summed E-state index contributed by atoms with van der Waals surface area (Å²) < 4.78 is 10.1. The monoisotopic (exact) mass is 221 g/mol. The zero-order valence-electron chi connectivity index (χ0n) is 8.13. The van der Waals surface area contributed by atoms with E-state index < -0.39 is 0 Å². The lowest BCUT2D eigenvalue weighted by Crippen LogP contribution is -2.35. The Morgan fingerprint density at radius 1 is 1.57 bits per heavy atom. The number of hydrogen-bond donors (Lipinski definition) is 1. The molecule has 1 aliphatic rings. The molecule has 0 bridgehead atoms. The maximum Gasteiger partial charge on any atom is 0.407 e. The molecule has 4 nitrogen and oxygen atoms in total. The normalized spacial score (nSPS) is 20.8. The van der Waals surface area contributed by atoms with Crippen molar-refractivity contribution in [3.05, 3.63) is 0 Å². The van der Waals surface area contributed by atoms with E-state index >= 15 is 0 Å². The van der Waals surface area contributed by atoms with Crippen molar-refractivity contribution in [1.82, 2.24) is 5.32 Å². The molecule has 1 rings (SSSR count). The lowest BCUT2D eigenvalue weighted by atomic mass is 10.3. The van der Waals surface area contributed by atoms with Crippen LogP contribution in [0.1, 0.15) is 19.3 Å². The quantitative estimate of drug-likeness (QED) is 0.566. The van der Waals surface area contributed by atoms with Crippen LogP contribution in [0.4, 0.5) is 4.79 Å². The summed E-state index contributed by atoms with van der Waals surface area (Å²) in [7, 11) is 0. The van der Waals surface area contributed by atoms with E-state index in [0.717, 1.165) is 25.9 Å². The number of nitrogens with one attached hydrogen (secondary N) is 1. The smallest absolute Gasteiger partial charge is 0.407 e. The molecule has 14 heavy (non-hydrogen) atoms. The van der Waals surface area contributed by atoms with Crippen molar-refractivity contribution < 1.29 is 14.3 Å². The third-order valence-electron chi connectivity index (χ3n) is 2.01. The lowest BCUT2D eigenvalue weighted by Gasteiger charge is -2.10. The van der Waals surface area contributed by atoms with Gasteiger partial charge in [0.25, 0.3) is 0 Å². The summed E-state index contributed by atoms with van der Waals surface area (Å²) in [5.41, 5.74) is 0. The molecule has 82 valence electrons. The van der Waals surface area contributed by atoms with Gasteiger partial charge >= 0.3 is 6.09 Å². The van der Waals surface area contributed by atoms with E-state index in [1.165, 1.54) is 0 Å². The van der Waals surface area contributed by atoms with E-state index in [1.807, 2.05) is 0 Å². The van der Waals surface area contributed by atoms with Crippen LogP contribution in [0.3, 0.4) is 0 Å². The highest BCUT2D eigenvalue weighted by Crippen LogP contribution is 2.03. The van der Waals surface area contributed by atoms with Gasteiger partial charge < -0.3 is 14.8 Å². The molecule has 1 saturated heterocycles. The molecule has 1 aliphatic heterocycles. The van der Waals surface area contributed by atoms with Crippen molar-refractivity contribution in [3.63, 3.8) is 0 Å². The third kappa shape index (κ3) is 4.67. The van der Waals surface area contributed by atoms with Gasteiger partial charge in [0.2, 0.25) is 0 Å². The molecule has 1 N–H and O–H groups in total. The highest BCUT2D eigenvalue weighted by molar-refractivity contribution is 6.17. The topological polar surface area (TPSA) is 47.6 Å². The molecule has 0 aromatic rings. The Morgan fingerprint density at radius 3 is 3.07 bits per heavy atom. The summed E-state index contributed by atoms with van der Waals surface area (Å²) in [6, 6.07) is 0.121. The van der Waals surface area contributed by atoms with Crippen molar-refractivity contribution in [1.29, 1.82) is 0 Å². The number of alkyl halides is 1. The van der Waals surface area contributed by atoms with Crippen molar-refractivity contribution in [2.24, 2.45) is 0 Å². The predicted octanol–water partition coefficient (Wildman–Crippen LogP) is 1.52. The van der Waals surface area contributed by atoms with Gasteiger partial charge in [-0.05, 0) is 19.3 Å². The number of carbonyl (C=O) groups excluding carboxylic acids is 1. The molecule has 0 aromatic heterocycles. The number of alkyl carbamates (subject to hydrolysis) is 1. The molecule has 1 amide bonds. The van der Waals surface area contributed by atoms with Crippen LogP contribution in [0, 0.1) is 0 Å². The van der Waals surface area contributed by atoms with Crippen LogP contribution in [0.2, 0.25) is 0 Å². The minimum absolute atomic E-state index is 0.121. The average molecular weight is 222 g/mol. The van der Waals surface area contributed by atoms with Crippen LogP contribution in [0.15, 0.2) is 0 Å². The SMILES string of the molecule is O=C(NC1CCOC1)OCCCCCl. The Bertz CT molecular complexity index is 171. The molecule has 1 fully saturated rings. The van der Waals surface area contributed by atoms with E-state index in [4.69, 9.17) is 21.1 Å². The zero-order chi connectivity index (χ0) is 10.2. The standard InChI is InChI=1S/C9H16ClNO3/c10-4-1-2-5-14-9(12)11-8-3-6-13-7-8/h8H,1-7H2,(H,11,12). The average Bonchev–Trinajstić information content (AvgIpc) is 2.65. The first kappa shape index (κ1) is 11.6. The largest absolute Gasteiger partial charge is 0.450 e. The minimum Gasteiger partial charge on any atom is -0.450 e. The summed E-state index contributed by atoms with van der Waals surface area (Å²) in [6.07, 6.45) is 2.21. The summed E-state index contributed by atoms with van der Waals surface area (Å²) in [6.45, 7) is 1.75. The van der Waals surface area contributed by atoms with Gasteiger partial charge in [-0.25, -0.2) is 4.79 Å². The Balaban J connectivity index is 1.98. The van der Waals surface area contributed by atoms with E-state index in [2.05, 4.69) is 5.32 Å². The first-order chi connectivity index (χ1) is 6.83. The second-order valence-electron chi connectivity index (χ2n) is 3.24. The van der Waals surface area contributed by atoms with Gasteiger partial charge in [-0.1, -0.05) is 0 Å². The fraction of sp³-hybridized carbons (Fsp3) is 0.889. The van der Waals surface area contributed by atoms with Gasteiger partial charge in [0.15, 0.2) is 0 Å². The minimum atomic E-state index is -0.352. The van der Waals surface area contributed by atoms with Crippen LogP contribution < -0.4 is 5.32 Å². The number of halogens is 1. The van der Waals surface area contributed by atoms with E-state index in [-0.39, 0.29) is 12.1 Å². The molecule has 1 heterocycles. The summed E-state index contributed by atoms with van der Waals surface area (Å²) in [4.78, 5) is 11.1. The van der Waals surface area contributed by atoms with Crippen LogP contribution in [0.5, 0.6) is 0 Å². The van der Waals surface area contributed by atoms with Crippen LogP contribution >= 0.6 is 11.6 Å². The number of rotatable bonds is 5. The third-order valence-corrected chi connectivity index (χ3v) is 2.28. The predicted molar refractivity (Wildman–Crippen MR) is 53.7 cm³/mol. The number of ether oxygens (including phenoxy) is 2. The van der Waals surface area contributed by atoms with Crippen LogP contribution in [0.25, 0.3) is 0 Å². The second-order valence-corrected chi connectivity index (χ2v) is 3.61. The molecule has 0 spiro atoms. The van der Waals surface area contributed by atoms with Gasteiger partial charge in [-0.2, -0.15) is 0 Å². The second kappa shape index (κ2) is 6.90. The number of unbranched alkanes of at least 4 members (excludes halogenated alkanes) is 1. The summed E-state index contributed by atoms with van der Waals surface area (Å²) in [5, 5.41) is 2.74. The van der Waals surface area contributed by atoms with Crippen LogP contribution in [-0.2, 0) is 9.47 Å². The first-order valence-corrected chi connectivity index (χ1v) is 5.43. The van der Waals surface area contributed by atoms with E-state index in [0.29, 0.717) is 19.1 Å². The molecule has 1 unspecified atom stereocenters. The molecule has 1 atom stereocenters. The highest BCUT2D eigenvalue weighted by atomic mass is 35.5. The molecular weight excluding hydrogens is 206 g/mol. The fourth-order valence-corrected chi connectivity index (χ4v) is 1.41. The highest BCUT2D eigenvalue weighted by Gasteiger charge is 2.17. The summed E-state index contributed by atoms with van der Waals surface area (Å²) >= 11 is 5.48. The van der Waals surface area contributed by atoms with Gasteiger partial charge in [0, 0.05) is 12.5 Å². The Morgan fingerprint density at radius 2 is 2.43 bits per heavy atom. The number of hydrogen-bond acceptors (Lipinski definition) is 3. The first-order valence-electron chi connectivity index (χ1n) is 4.90. The number of amides is 1. The molecule has 0 saturated carbocycles. The van der Waals surface area contributed by atoms with Gasteiger partial charge in [-0.3, -0.25) is 0 Å². The lowest BCUT2D eigenvalue weighted by molar-refractivity contribution is 0.137. The molecule has 0 aliphatic carbocycles. The zero-order valence-corrected chi connectivity index (χ0v) is 8.89. The van der Waals surface area contributed by atoms with E-state index in [9.17, 15) is 4.79 Å². The Hall–Kier alpha value is -0.480. The maximum atomic E-state index is 11.1. The molecular formula is C9H16ClNO3. The van der Waals surface area contributed by atoms with Crippen molar-refractivity contribution >= 4 is 17.7 Å². The molecule has 0 aromatic carbocycles. The number of carbonyl (C=O) groups is 1. The Kier molecular flexibility index (Phi) is 5.71. The van der Waals surface area contributed by atoms with Crippen LogP contribution in [-0.4, -0.2) is 37.8 Å².